The Hall–Kier alpha value is -3.58. The van der Waals surface area contributed by atoms with E-state index in [1.165, 1.54) is 11.1 Å². The fraction of sp³-hybridized carbons (Fsp3) is 0.231. The summed E-state index contributed by atoms with van der Waals surface area (Å²) >= 11 is 1.57. The lowest BCUT2D eigenvalue weighted by Crippen LogP contribution is -2.17. The normalized spacial score (nSPS) is 11.7. The molecular formula is C26H27N3O3S. The number of anilines is 2. The molecule has 6 nitrogen and oxygen atoms in total. The molecule has 3 heterocycles. The third kappa shape index (κ3) is 5.43. The molecule has 2 N–H and O–H groups in total. The quantitative estimate of drug-likeness (QED) is 0.299. The zero-order valence-corrected chi connectivity index (χ0v) is 19.7. The van der Waals surface area contributed by atoms with Gasteiger partial charge in [-0.25, -0.2) is 4.98 Å². The van der Waals surface area contributed by atoms with Crippen LogP contribution < -0.4 is 15.4 Å². The number of ether oxygens (including phenoxy) is 1. The van der Waals surface area contributed by atoms with E-state index in [0.717, 1.165) is 39.8 Å². The average Bonchev–Trinajstić information content (AvgIpc) is 3.49. The van der Waals surface area contributed by atoms with Gasteiger partial charge in [-0.1, -0.05) is 25.1 Å². The molecule has 1 atom stereocenters. The highest BCUT2D eigenvalue weighted by atomic mass is 32.1. The summed E-state index contributed by atoms with van der Waals surface area (Å²) in [6.45, 7) is 6.65. The Morgan fingerprint density at radius 3 is 2.61 bits per heavy atom. The Morgan fingerprint density at radius 2 is 1.94 bits per heavy atom. The number of rotatable bonds is 9. The Morgan fingerprint density at radius 1 is 1.12 bits per heavy atom. The van der Waals surface area contributed by atoms with Crippen LogP contribution >= 0.6 is 11.3 Å². The lowest BCUT2D eigenvalue weighted by molar-refractivity contribution is 0.0997. The van der Waals surface area contributed by atoms with E-state index in [9.17, 15) is 4.79 Å². The number of carbonyl (C=O) groups excluding carboxylic acids is 1. The molecular weight excluding hydrogens is 434 g/mol. The summed E-state index contributed by atoms with van der Waals surface area (Å²) in [4.78, 5) is 18.6. The third-order valence-corrected chi connectivity index (χ3v) is 6.36. The summed E-state index contributed by atoms with van der Waals surface area (Å²) in [6, 6.07) is 19.2. The minimum Gasteiger partial charge on any atom is -0.494 e. The number of pyridine rings is 1. The number of benzene rings is 1. The van der Waals surface area contributed by atoms with Gasteiger partial charge in [0.25, 0.3) is 5.91 Å². The van der Waals surface area contributed by atoms with Gasteiger partial charge in [0.1, 0.15) is 16.6 Å². The van der Waals surface area contributed by atoms with E-state index in [2.05, 4.69) is 28.6 Å². The van der Waals surface area contributed by atoms with Gasteiger partial charge >= 0.3 is 0 Å². The molecule has 0 aliphatic heterocycles. The molecule has 1 unspecified atom stereocenters. The summed E-state index contributed by atoms with van der Waals surface area (Å²) in [6.07, 6.45) is 2.36. The van der Waals surface area contributed by atoms with E-state index in [1.807, 2.05) is 56.3 Å². The van der Waals surface area contributed by atoms with Crippen LogP contribution in [0.4, 0.5) is 10.8 Å². The molecule has 4 rings (SSSR count). The molecule has 0 aliphatic carbocycles. The first-order valence-electron chi connectivity index (χ1n) is 11.0. The fourth-order valence-corrected chi connectivity index (χ4v) is 4.58. The average molecular weight is 462 g/mol. The van der Waals surface area contributed by atoms with Gasteiger partial charge in [-0.3, -0.25) is 4.79 Å². The van der Waals surface area contributed by atoms with Gasteiger partial charge in [0.2, 0.25) is 0 Å². The molecule has 0 fully saturated rings. The van der Waals surface area contributed by atoms with Crippen LogP contribution in [-0.4, -0.2) is 17.5 Å². The molecule has 0 radical (unpaired) electrons. The van der Waals surface area contributed by atoms with Crippen molar-refractivity contribution in [2.45, 2.75) is 33.2 Å². The number of hydrogen-bond donors (Lipinski definition) is 2. The maximum absolute atomic E-state index is 12.8. The fourth-order valence-electron chi connectivity index (χ4n) is 3.55. The molecule has 3 aromatic heterocycles. The van der Waals surface area contributed by atoms with E-state index in [-0.39, 0.29) is 17.7 Å². The number of amides is 1. The van der Waals surface area contributed by atoms with Gasteiger partial charge in [0.15, 0.2) is 5.76 Å². The first-order valence-corrected chi connectivity index (χ1v) is 11.8. The Balaban J connectivity index is 1.74. The number of thiophene rings is 1. The smallest absolute Gasteiger partial charge is 0.291 e. The van der Waals surface area contributed by atoms with E-state index in [0.29, 0.717) is 6.61 Å². The minimum atomic E-state index is -0.273. The molecule has 0 saturated heterocycles. The van der Waals surface area contributed by atoms with E-state index >= 15 is 0 Å². The maximum Gasteiger partial charge on any atom is 0.291 e. The number of nitrogens with one attached hydrogen (secondary N) is 2. The molecule has 1 aromatic carbocycles. The summed E-state index contributed by atoms with van der Waals surface area (Å²) < 4.78 is 10.9. The van der Waals surface area contributed by atoms with Crippen LogP contribution in [-0.2, 0) is 6.42 Å². The first-order chi connectivity index (χ1) is 16.1. The van der Waals surface area contributed by atoms with Crippen LogP contribution in [0.25, 0.3) is 0 Å². The van der Waals surface area contributed by atoms with Crippen molar-refractivity contribution in [3.8, 4) is 5.75 Å². The Bertz CT molecular complexity index is 1200. The topological polar surface area (TPSA) is 76.4 Å². The Labute approximate surface area is 197 Å². The zero-order valence-electron chi connectivity index (χ0n) is 18.9. The second kappa shape index (κ2) is 10.4. The Kier molecular flexibility index (Phi) is 7.10. The monoisotopic (exact) mass is 461 g/mol. The van der Waals surface area contributed by atoms with E-state index in [1.54, 1.807) is 23.5 Å². The van der Waals surface area contributed by atoms with Crippen molar-refractivity contribution in [2.24, 2.45) is 0 Å². The van der Waals surface area contributed by atoms with Gasteiger partial charge < -0.3 is 19.8 Å². The van der Waals surface area contributed by atoms with Gasteiger partial charge in [-0.2, -0.15) is 0 Å². The summed E-state index contributed by atoms with van der Waals surface area (Å²) in [5, 5.41) is 7.40. The van der Waals surface area contributed by atoms with E-state index in [4.69, 9.17) is 9.15 Å². The summed E-state index contributed by atoms with van der Waals surface area (Å²) in [7, 11) is 0. The molecule has 0 spiro atoms. The van der Waals surface area contributed by atoms with Gasteiger partial charge in [-0.15, -0.1) is 11.3 Å². The highest BCUT2D eigenvalue weighted by molar-refractivity contribution is 7.16. The molecule has 0 bridgehead atoms. The number of carbonyl (C=O) groups is 1. The summed E-state index contributed by atoms with van der Waals surface area (Å²) in [5.74, 6) is 1.59. The lowest BCUT2D eigenvalue weighted by Gasteiger charge is -2.21. The van der Waals surface area contributed by atoms with Crippen LogP contribution in [0.5, 0.6) is 5.75 Å². The molecule has 0 aliphatic rings. The SMILES string of the molecule is CCOc1ccc(C(Nc2cccc(C)n2)c2cc(CC)sc2NC(=O)c2ccco2)cc1. The van der Waals surface area contributed by atoms with Gasteiger partial charge in [-0.05, 0) is 68.3 Å². The number of aryl methyl sites for hydroxylation is 2. The van der Waals surface area contributed by atoms with Crippen LogP contribution in [0.1, 0.15) is 52.1 Å². The van der Waals surface area contributed by atoms with E-state index < -0.39 is 0 Å². The van der Waals surface area contributed by atoms with Crippen molar-refractivity contribution in [3.05, 3.63) is 94.4 Å². The predicted molar refractivity (Wildman–Crippen MR) is 132 cm³/mol. The maximum atomic E-state index is 12.8. The standard InChI is InChI=1S/C26H27N3O3S/c1-4-20-16-21(26(33-20)29-25(30)22-9-7-15-32-22)24(28-23-10-6-8-17(3)27-23)18-11-13-19(14-12-18)31-5-2/h6-16,24H,4-5H2,1-3H3,(H,27,28)(H,29,30). The molecule has 33 heavy (non-hydrogen) atoms. The molecule has 0 saturated carbocycles. The van der Waals surface area contributed by atoms with Gasteiger partial charge in [0.05, 0.1) is 18.9 Å². The van der Waals surface area contributed by atoms with Crippen LogP contribution in [0, 0.1) is 6.92 Å². The molecule has 7 heteroatoms. The largest absolute Gasteiger partial charge is 0.494 e. The highest BCUT2D eigenvalue weighted by Gasteiger charge is 2.23. The lowest BCUT2D eigenvalue weighted by atomic mass is 9.99. The highest BCUT2D eigenvalue weighted by Crippen LogP contribution is 2.38. The minimum absolute atomic E-state index is 0.224. The van der Waals surface area contributed by atoms with Crippen LogP contribution in [0.3, 0.4) is 0 Å². The molecule has 170 valence electrons. The van der Waals surface area contributed by atoms with Crippen molar-refractivity contribution in [2.75, 3.05) is 17.2 Å². The zero-order chi connectivity index (χ0) is 23.2. The van der Waals surface area contributed by atoms with Crippen molar-refractivity contribution < 1.29 is 13.9 Å². The molecule has 4 aromatic rings. The van der Waals surface area contributed by atoms with Crippen LogP contribution in [0.15, 0.2) is 71.3 Å². The number of hydrogen-bond acceptors (Lipinski definition) is 6. The predicted octanol–water partition coefficient (Wildman–Crippen LogP) is 6.46. The van der Waals surface area contributed by atoms with Crippen molar-refractivity contribution in [1.29, 1.82) is 0 Å². The number of furan rings is 1. The first kappa shape index (κ1) is 22.6. The van der Waals surface area contributed by atoms with Crippen molar-refractivity contribution in [3.63, 3.8) is 0 Å². The molecule has 1 amide bonds. The number of aromatic nitrogens is 1. The summed E-state index contributed by atoms with van der Waals surface area (Å²) in [5.41, 5.74) is 2.94. The second-order valence-corrected chi connectivity index (χ2v) is 8.66. The third-order valence-electron chi connectivity index (χ3n) is 5.15. The number of nitrogens with zero attached hydrogens (tertiary/aromatic N) is 1. The van der Waals surface area contributed by atoms with Crippen molar-refractivity contribution >= 4 is 28.1 Å². The second-order valence-electron chi connectivity index (χ2n) is 7.53. The van der Waals surface area contributed by atoms with Crippen LogP contribution in [0.2, 0.25) is 0 Å². The van der Waals surface area contributed by atoms with Gasteiger partial charge in [0, 0.05) is 16.1 Å². The van der Waals surface area contributed by atoms with Crippen molar-refractivity contribution in [1.82, 2.24) is 4.98 Å².